The highest BCUT2D eigenvalue weighted by Crippen LogP contribution is 2.12. The zero-order valence-electron chi connectivity index (χ0n) is 18.8. The van der Waals surface area contributed by atoms with Crippen LogP contribution < -0.4 is 10.6 Å². The van der Waals surface area contributed by atoms with E-state index in [4.69, 9.17) is 0 Å². The Morgan fingerprint density at radius 1 is 0.933 bits per heavy atom. The minimum atomic E-state index is -0.568. The highest BCUT2D eigenvalue weighted by atomic mass is 16.2. The zero-order valence-corrected chi connectivity index (χ0v) is 18.8. The van der Waals surface area contributed by atoms with Crippen LogP contribution in [0.4, 0.5) is 0 Å². The maximum absolute atomic E-state index is 12.8. The van der Waals surface area contributed by atoms with Crippen LogP contribution in [0, 0.1) is 5.92 Å². The smallest absolute Gasteiger partial charge is 0.251 e. The van der Waals surface area contributed by atoms with Crippen molar-refractivity contribution in [1.29, 1.82) is 0 Å². The fourth-order valence-corrected chi connectivity index (χ4v) is 3.05. The molecule has 2 aromatic rings. The van der Waals surface area contributed by atoms with Gasteiger partial charge in [-0.15, -0.1) is 0 Å². The number of rotatable bonds is 10. The van der Waals surface area contributed by atoms with Crippen molar-refractivity contribution in [1.82, 2.24) is 15.5 Å². The van der Waals surface area contributed by atoms with Crippen molar-refractivity contribution in [3.8, 4) is 0 Å². The largest absolute Gasteiger partial charge is 0.350 e. The molecule has 2 rings (SSSR count). The van der Waals surface area contributed by atoms with Gasteiger partial charge in [-0.2, -0.15) is 0 Å². The molecule has 0 heterocycles. The second-order valence-electron chi connectivity index (χ2n) is 8.25. The van der Waals surface area contributed by atoms with Gasteiger partial charge in [0.25, 0.3) is 5.91 Å². The number of hydrogen-bond acceptors (Lipinski definition) is 3. The van der Waals surface area contributed by atoms with Crippen LogP contribution in [0.15, 0.2) is 54.6 Å². The molecule has 0 radical (unpaired) electrons. The van der Waals surface area contributed by atoms with Crippen molar-refractivity contribution < 1.29 is 9.59 Å². The Morgan fingerprint density at radius 2 is 1.53 bits per heavy atom. The number of nitrogens with zero attached hydrogens (tertiary/aromatic N) is 1. The van der Waals surface area contributed by atoms with Gasteiger partial charge in [0, 0.05) is 24.7 Å². The molecule has 30 heavy (non-hydrogen) atoms. The Morgan fingerprint density at radius 3 is 2.10 bits per heavy atom. The van der Waals surface area contributed by atoms with Crippen molar-refractivity contribution in [2.45, 2.75) is 59.3 Å². The summed E-state index contributed by atoms with van der Waals surface area (Å²) < 4.78 is 0. The zero-order chi connectivity index (χ0) is 22.1. The third kappa shape index (κ3) is 6.99. The van der Waals surface area contributed by atoms with E-state index in [2.05, 4.69) is 48.6 Å². The summed E-state index contributed by atoms with van der Waals surface area (Å²) in [5, 5.41) is 5.89. The van der Waals surface area contributed by atoms with Gasteiger partial charge in [0.1, 0.15) is 6.04 Å². The maximum Gasteiger partial charge on any atom is 0.251 e. The van der Waals surface area contributed by atoms with Gasteiger partial charge in [-0.05, 0) is 50.1 Å². The molecule has 0 aliphatic carbocycles. The molecule has 2 amide bonds. The minimum Gasteiger partial charge on any atom is -0.350 e. The molecule has 2 aromatic carbocycles. The van der Waals surface area contributed by atoms with E-state index in [1.165, 1.54) is 5.56 Å². The van der Waals surface area contributed by atoms with Crippen molar-refractivity contribution in [2.75, 3.05) is 7.05 Å². The summed E-state index contributed by atoms with van der Waals surface area (Å²) in [6.45, 7) is 9.68. The molecule has 5 nitrogen and oxygen atoms in total. The van der Waals surface area contributed by atoms with Gasteiger partial charge >= 0.3 is 0 Å². The third-order valence-electron chi connectivity index (χ3n) is 5.62. The Kier molecular flexibility index (Phi) is 9.06. The second-order valence-corrected chi connectivity index (χ2v) is 8.25. The predicted molar refractivity (Wildman–Crippen MR) is 122 cm³/mol. The van der Waals surface area contributed by atoms with Crippen molar-refractivity contribution >= 4 is 11.8 Å². The quantitative estimate of drug-likeness (QED) is 0.624. The van der Waals surface area contributed by atoms with Gasteiger partial charge in [-0.25, -0.2) is 0 Å². The second kappa shape index (κ2) is 11.5. The lowest BCUT2D eigenvalue weighted by Gasteiger charge is -2.24. The fraction of sp³-hybridized carbons (Fsp3) is 0.440. The summed E-state index contributed by atoms with van der Waals surface area (Å²) in [4.78, 5) is 27.7. The first-order valence-corrected chi connectivity index (χ1v) is 10.7. The molecule has 2 N–H and O–H groups in total. The standard InChI is InChI=1S/C25H35N3O2/c1-6-19(4)23(27-24(29)22-10-8-7-9-11-22)25(30)26-16-20-12-14-21(15-13-20)17-28(5)18(2)3/h7-15,18-19,23H,6,16-17H2,1-5H3,(H,26,30)(H,27,29)/t19-,23+/m1/s1. The van der Waals surface area contributed by atoms with Gasteiger partial charge in [0.2, 0.25) is 5.91 Å². The summed E-state index contributed by atoms with van der Waals surface area (Å²) in [6.07, 6.45) is 0.797. The summed E-state index contributed by atoms with van der Waals surface area (Å²) in [5.74, 6) is -0.349. The van der Waals surface area contributed by atoms with Crippen molar-refractivity contribution in [2.24, 2.45) is 5.92 Å². The molecule has 0 saturated heterocycles. The SMILES string of the molecule is CC[C@@H](C)[C@H](NC(=O)c1ccccc1)C(=O)NCc1ccc(CN(C)C(C)C)cc1. The summed E-state index contributed by atoms with van der Waals surface area (Å²) >= 11 is 0. The van der Waals surface area contributed by atoms with E-state index < -0.39 is 6.04 Å². The van der Waals surface area contributed by atoms with E-state index in [1.807, 2.05) is 44.2 Å². The Hall–Kier alpha value is -2.66. The van der Waals surface area contributed by atoms with Crippen LogP contribution in [-0.2, 0) is 17.9 Å². The lowest BCUT2D eigenvalue weighted by molar-refractivity contribution is -0.124. The predicted octanol–water partition coefficient (Wildman–Crippen LogP) is 3.99. The first kappa shape index (κ1) is 23.6. The number of carbonyl (C=O) groups is 2. The Balaban J connectivity index is 1.96. The summed E-state index contributed by atoms with van der Waals surface area (Å²) in [5.41, 5.74) is 2.84. The van der Waals surface area contributed by atoms with Gasteiger partial charge in [0.05, 0.1) is 0 Å². The van der Waals surface area contributed by atoms with E-state index >= 15 is 0 Å². The molecule has 0 spiro atoms. The van der Waals surface area contributed by atoms with Gasteiger partial charge in [0.15, 0.2) is 0 Å². The molecule has 0 bridgehead atoms. The molecular formula is C25H35N3O2. The molecule has 5 heteroatoms. The van der Waals surface area contributed by atoms with Gasteiger partial charge < -0.3 is 10.6 Å². The van der Waals surface area contributed by atoms with E-state index in [9.17, 15) is 9.59 Å². The number of hydrogen-bond donors (Lipinski definition) is 2. The first-order valence-electron chi connectivity index (χ1n) is 10.7. The van der Waals surface area contributed by atoms with Crippen molar-refractivity contribution in [3.05, 3.63) is 71.3 Å². The lowest BCUT2D eigenvalue weighted by Crippen LogP contribution is -2.50. The number of nitrogens with one attached hydrogen (secondary N) is 2. The van der Waals surface area contributed by atoms with Gasteiger partial charge in [-0.3, -0.25) is 14.5 Å². The molecule has 0 fully saturated rings. The van der Waals surface area contributed by atoms with Crippen LogP contribution in [0.5, 0.6) is 0 Å². The van der Waals surface area contributed by atoms with E-state index in [0.717, 1.165) is 18.5 Å². The molecule has 2 atom stereocenters. The molecule has 0 aromatic heterocycles. The number of carbonyl (C=O) groups excluding carboxylic acids is 2. The molecule has 162 valence electrons. The number of benzene rings is 2. The van der Waals surface area contributed by atoms with E-state index in [-0.39, 0.29) is 17.7 Å². The molecule has 0 aliphatic heterocycles. The Bertz CT molecular complexity index is 803. The highest BCUT2D eigenvalue weighted by Gasteiger charge is 2.26. The average Bonchev–Trinajstić information content (AvgIpc) is 2.76. The van der Waals surface area contributed by atoms with Crippen LogP contribution in [0.3, 0.4) is 0 Å². The van der Waals surface area contributed by atoms with Crippen molar-refractivity contribution in [3.63, 3.8) is 0 Å². The topological polar surface area (TPSA) is 61.4 Å². The number of amides is 2. The Labute approximate surface area is 180 Å². The van der Waals surface area contributed by atoms with E-state index in [0.29, 0.717) is 18.2 Å². The molecule has 0 saturated carbocycles. The summed E-state index contributed by atoms with van der Waals surface area (Å²) in [7, 11) is 2.11. The maximum atomic E-state index is 12.8. The third-order valence-corrected chi connectivity index (χ3v) is 5.62. The van der Waals surface area contributed by atoms with Crippen LogP contribution >= 0.6 is 0 Å². The van der Waals surface area contributed by atoms with Crippen LogP contribution in [0.1, 0.15) is 55.6 Å². The first-order chi connectivity index (χ1) is 14.3. The molecular weight excluding hydrogens is 374 g/mol. The molecule has 0 unspecified atom stereocenters. The monoisotopic (exact) mass is 409 g/mol. The van der Waals surface area contributed by atoms with E-state index in [1.54, 1.807) is 12.1 Å². The fourth-order valence-electron chi connectivity index (χ4n) is 3.05. The van der Waals surface area contributed by atoms with Gasteiger partial charge in [-0.1, -0.05) is 62.7 Å². The lowest BCUT2D eigenvalue weighted by atomic mass is 9.97. The summed E-state index contributed by atoms with van der Waals surface area (Å²) in [6, 6.07) is 17.2. The van der Waals surface area contributed by atoms with Crippen LogP contribution in [0.2, 0.25) is 0 Å². The van der Waals surface area contributed by atoms with Crippen LogP contribution in [-0.4, -0.2) is 35.8 Å². The highest BCUT2D eigenvalue weighted by molar-refractivity contribution is 5.97. The van der Waals surface area contributed by atoms with Crippen LogP contribution in [0.25, 0.3) is 0 Å². The molecule has 0 aliphatic rings. The normalized spacial score (nSPS) is 13.2. The average molecular weight is 410 g/mol. The minimum absolute atomic E-state index is 0.0339.